The summed E-state index contributed by atoms with van der Waals surface area (Å²) in [4.78, 5) is 0. The zero-order valence-corrected chi connectivity index (χ0v) is 11.0. The average molecular weight is 259 g/mol. The van der Waals surface area contributed by atoms with E-state index in [9.17, 15) is 8.42 Å². The summed E-state index contributed by atoms with van der Waals surface area (Å²) in [6.45, 7) is 6.36. The molecule has 1 aliphatic heterocycles. The average Bonchev–Trinajstić information content (AvgIpc) is 2.67. The lowest BCUT2D eigenvalue weighted by molar-refractivity contribution is -0.109. The largest absolute Gasteiger partial charge is 0.370 e. The van der Waals surface area contributed by atoms with Gasteiger partial charge in [-0.25, -0.2) is 8.42 Å². The number of aromatic amines is 1. The SMILES string of the molecule is CC1CN(S(=O)(=O)c2ccn[nH]2)CC(C)(C)O1. The van der Waals surface area contributed by atoms with Crippen molar-refractivity contribution in [3.63, 3.8) is 0 Å². The van der Waals surface area contributed by atoms with Crippen LogP contribution in [0.2, 0.25) is 0 Å². The fraction of sp³-hybridized carbons (Fsp3) is 0.700. The molecule has 1 unspecified atom stereocenters. The second-order valence-corrected chi connectivity index (χ2v) is 6.81. The van der Waals surface area contributed by atoms with Crippen LogP contribution in [0.5, 0.6) is 0 Å². The van der Waals surface area contributed by atoms with E-state index < -0.39 is 15.6 Å². The van der Waals surface area contributed by atoms with Crippen molar-refractivity contribution in [1.29, 1.82) is 0 Å². The molecule has 0 aromatic carbocycles. The van der Waals surface area contributed by atoms with Gasteiger partial charge in [0.25, 0.3) is 10.0 Å². The molecule has 0 radical (unpaired) electrons. The van der Waals surface area contributed by atoms with Crippen molar-refractivity contribution in [2.45, 2.75) is 37.5 Å². The minimum absolute atomic E-state index is 0.114. The maximum absolute atomic E-state index is 12.3. The number of morpholine rings is 1. The molecule has 1 aromatic rings. The normalized spacial score (nSPS) is 25.9. The van der Waals surface area contributed by atoms with Crippen LogP contribution in [0, 0.1) is 0 Å². The number of hydrogen-bond acceptors (Lipinski definition) is 4. The molecule has 0 saturated carbocycles. The quantitative estimate of drug-likeness (QED) is 0.843. The first-order valence-electron chi connectivity index (χ1n) is 5.49. The molecule has 2 heterocycles. The van der Waals surface area contributed by atoms with E-state index in [1.807, 2.05) is 20.8 Å². The number of ether oxygens (including phenoxy) is 1. The van der Waals surface area contributed by atoms with Crippen molar-refractivity contribution in [3.8, 4) is 0 Å². The summed E-state index contributed by atoms with van der Waals surface area (Å²) >= 11 is 0. The fourth-order valence-corrected chi connectivity index (χ4v) is 3.67. The monoisotopic (exact) mass is 259 g/mol. The van der Waals surface area contributed by atoms with Crippen LogP contribution in [-0.2, 0) is 14.8 Å². The number of sulfonamides is 1. The fourth-order valence-electron chi connectivity index (χ4n) is 2.10. The first-order valence-corrected chi connectivity index (χ1v) is 6.93. The Hall–Kier alpha value is -0.920. The van der Waals surface area contributed by atoms with Crippen LogP contribution >= 0.6 is 0 Å². The Morgan fingerprint density at radius 1 is 1.59 bits per heavy atom. The maximum Gasteiger partial charge on any atom is 0.260 e. The number of H-pyrrole nitrogens is 1. The molecule has 0 amide bonds. The highest BCUT2D eigenvalue weighted by atomic mass is 32.2. The van der Waals surface area contributed by atoms with E-state index in [0.29, 0.717) is 13.1 Å². The Morgan fingerprint density at radius 2 is 2.29 bits per heavy atom. The van der Waals surface area contributed by atoms with Gasteiger partial charge in [-0.05, 0) is 26.8 Å². The van der Waals surface area contributed by atoms with Crippen LogP contribution in [0.3, 0.4) is 0 Å². The molecule has 1 aliphatic rings. The minimum atomic E-state index is -3.49. The van der Waals surface area contributed by atoms with Crippen LogP contribution in [0.1, 0.15) is 20.8 Å². The van der Waals surface area contributed by atoms with Gasteiger partial charge in [-0.15, -0.1) is 0 Å². The van der Waals surface area contributed by atoms with Gasteiger partial charge in [0.2, 0.25) is 0 Å². The molecule has 1 aromatic heterocycles. The minimum Gasteiger partial charge on any atom is -0.370 e. The van der Waals surface area contributed by atoms with Gasteiger partial charge >= 0.3 is 0 Å². The Bertz CT molecular complexity index is 481. The lowest BCUT2D eigenvalue weighted by Gasteiger charge is -2.40. The van der Waals surface area contributed by atoms with Crippen molar-refractivity contribution < 1.29 is 13.2 Å². The number of aromatic nitrogens is 2. The van der Waals surface area contributed by atoms with E-state index >= 15 is 0 Å². The number of nitrogens with one attached hydrogen (secondary N) is 1. The van der Waals surface area contributed by atoms with Crippen molar-refractivity contribution >= 4 is 10.0 Å². The molecular formula is C10H17N3O3S. The summed E-state index contributed by atoms with van der Waals surface area (Å²) in [5, 5.41) is 6.30. The second kappa shape index (κ2) is 4.08. The van der Waals surface area contributed by atoms with Gasteiger partial charge in [0.1, 0.15) is 0 Å². The van der Waals surface area contributed by atoms with Crippen LogP contribution in [0.25, 0.3) is 0 Å². The molecule has 17 heavy (non-hydrogen) atoms. The van der Waals surface area contributed by atoms with Gasteiger partial charge in [0, 0.05) is 13.1 Å². The predicted octanol–water partition coefficient (Wildman–Crippen LogP) is 0.598. The second-order valence-electron chi connectivity index (χ2n) is 4.91. The third kappa shape index (κ3) is 2.51. The summed E-state index contributed by atoms with van der Waals surface area (Å²) in [6.07, 6.45) is 1.32. The summed E-state index contributed by atoms with van der Waals surface area (Å²) < 4.78 is 31.7. The first kappa shape index (κ1) is 12.5. The van der Waals surface area contributed by atoms with E-state index in [1.165, 1.54) is 16.6 Å². The van der Waals surface area contributed by atoms with Gasteiger partial charge in [-0.1, -0.05) is 0 Å². The standard InChI is InChI=1S/C10H17N3O3S/c1-8-6-13(7-10(2,3)16-8)17(14,15)9-4-5-11-12-9/h4-5,8H,6-7H2,1-3H3,(H,11,12). The maximum atomic E-state index is 12.3. The molecule has 1 saturated heterocycles. The molecule has 0 bridgehead atoms. The lowest BCUT2D eigenvalue weighted by atomic mass is 10.1. The third-order valence-electron chi connectivity index (χ3n) is 2.63. The zero-order chi connectivity index (χ0) is 12.7. The molecule has 0 spiro atoms. The molecule has 2 rings (SSSR count). The Kier molecular flexibility index (Phi) is 3.01. The van der Waals surface area contributed by atoms with Gasteiger partial charge in [0.15, 0.2) is 5.03 Å². The topological polar surface area (TPSA) is 75.3 Å². The molecule has 6 nitrogen and oxygen atoms in total. The predicted molar refractivity (Wildman–Crippen MR) is 62.0 cm³/mol. The lowest BCUT2D eigenvalue weighted by Crippen LogP contribution is -2.53. The summed E-state index contributed by atoms with van der Waals surface area (Å²) in [5.41, 5.74) is -0.468. The highest BCUT2D eigenvalue weighted by Crippen LogP contribution is 2.25. The first-order chi connectivity index (χ1) is 7.81. The van der Waals surface area contributed by atoms with E-state index in [-0.39, 0.29) is 11.1 Å². The Morgan fingerprint density at radius 3 is 2.82 bits per heavy atom. The van der Waals surface area contributed by atoms with E-state index in [4.69, 9.17) is 4.74 Å². The molecule has 0 aliphatic carbocycles. The van der Waals surface area contributed by atoms with Crippen LogP contribution in [-0.4, -0.2) is 47.7 Å². The Labute approximate surface area is 101 Å². The molecule has 96 valence electrons. The van der Waals surface area contributed by atoms with Gasteiger partial charge in [-0.3, -0.25) is 5.10 Å². The number of hydrogen-bond donors (Lipinski definition) is 1. The van der Waals surface area contributed by atoms with Gasteiger partial charge < -0.3 is 4.74 Å². The van der Waals surface area contributed by atoms with Crippen LogP contribution in [0.15, 0.2) is 17.3 Å². The van der Waals surface area contributed by atoms with Crippen molar-refractivity contribution in [3.05, 3.63) is 12.3 Å². The smallest absolute Gasteiger partial charge is 0.260 e. The van der Waals surface area contributed by atoms with Crippen LogP contribution in [0.4, 0.5) is 0 Å². The summed E-state index contributed by atoms with van der Waals surface area (Å²) in [6, 6.07) is 1.46. The van der Waals surface area contributed by atoms with Crippen molar-refractivity contribution in [2.24, 2.45) is 0 Å². The van der Waals surface area contributed by atoms with Gasteiger partial charge in [0.05, 0.1) is 17.9 Å². The molecule has 1 fully saturated rings. The van der Waals surface area contributed by atoms with E-state index in [1.54, 1.807) is 0 Å². The highest BCUT2D eigenvalue weighted by molar-refractivity contribution is 7.89. The highest BCUT2D eigenvalue weighted by Gasteiger charge is 2.38. The Balaban J connectivity index is 2.29. The van der Waals surface area contributed by atoms with E-state index in [0.717, 1.165) is 0 Å². The molecular weight excluding hydrogens is 242 g/mol. The summed E-state index contributed by atoms with van der Waals surface area (Å²) in [5.74, 6) is 0. The molecule has 7 heteroatoms. The molecule has 1 atom stereocenters. The van der Waals surface area contributed by atoms with Crippen molar-refractivity contribution in [1.82, 2.24) is 14.5 Å². The third-order valence-corrected chi connectivity index (χ3v) is 4.37. The van der Waals surface area contributed by atoms with Gasteiger partial charge in [-0.2, -0.15) is 9.40 Å². The van der Waals surface area contributed by atoms with Crippen LogP contribution < -0.4 is 0 Å². The van der Waals surface area contributed by atoms with E-state index in [2.05, 4.69) is 10.2 Å². The zero-order valence-electron chi connectivity index (χ0n) is 10.2. The molecule has 1 N–H and O–H groups in total. The number of rotatable bonds is 2. The number of nitrogens with zero attached hydrogens (tertiary/aromatic N) is 2. The van der Waals surface area contributed by atoms with Crippen molar-refractivity contribution in [2.75, 3.05) is 13.1 Å². The summed E-state index contributed by atoms with van der Waals surface area (Å²) in [7, 11) is -3.49.